The first-order chi connectivity index (χ1) is 8.77. The number of carbonyl (C=O) groups is 1. The average Bonchev–Trinajstić information content (AvgIpc) is 2.93. The van der Waals surface area contributed by atoms with E-state index in [4.69, 9.17) is 0 Å². The summed E-state index contributed by atoms with van der Waals surface area (Å²) in [6, 6.07) is 8.71. The summed E-state index contributed by atoms with van der Waals surface area (Å²) in [4.78, 5) is 14.5. The number of hydrogen-bond donors (Lipinski definition) is 0. The van der Waals surface area contributed by atoms with Gasteiger partial charge in [-0.15, -0.1) is 0 Å². The molecule has 0 aromatic heterocycles. The fourth-order valence-corrected chi connectivity index (χ4v) is 2.99. The number of Topliss-reactive ketones (excluding diaryl/α,β-unsaturated/α-hetero) is 1. The van der Waals surface area contributed by atoms with Gasteiger partial charge in [-0.25, -0.2) is 0 Å². The van der Waals surface area contributed by atoms with Crippen molar-refractivity contribution < 1.29 is 4.79 Å². The Labute approximate surface area is 110 Å². The van der Waals surface area contributed by atoms with Gasteiger partial charge in [-0.1, -0.05) is 31.9 Å². The number of anilines is 1. The molecule has 1 aliphatic rings. The fourth-order valence-electron chi connectivity index (χ4n) is 2.99. The Morgan fingerprint density at radius 3 is 2.50 bits per heavy atom. The zero-order chi connectivity index (χ0) is 13.0. The first-order valence-electron chi connectivity index (χ1n) is 7.16. The van der Waals surface area contributed by atoms with Gasteiger partial charge in [-0.2, -0.15) is 0 Å². The van der Waals surface area contributed by atoms with E-state index in [9.17, 15) is 4.79 Å². The van der Waals surface area contributed by atoms with E-state index in [-0.39, 0.29) is 5.78 Å². The van der Waals surface area contributed by atoms with Gasteiger partial charge in [0.1, 0.15) is 0 Å². The van der Waals surface area contributed by atoms with Crippen molar-refractivity contribution in [2.45, 2.75) is 52.0 Å². The van der Waals surface area contributed by atoms with Crippen LogP contribution in [0.3, 0.4) is 0 Å². The predicted octanol–water partition coefficient (Wildman–Crippen LogP) is 4.05. The normalized spacial score (nSPS) is 15.9. The highest BCUT2D eigenvalue weighted by Gasteiger charge is 2.24. The van der Waals surface area contributed by atoms with Gasteiger partial charge < -0.3 is 4.90 Å². The van der Waals surface area contributed by atoms with Crippen LogP contribution < -0.4 is 4.90 Å². The molecule has 0 amide bonds. The molecule has 1 aromatic rings. The zero-order valence-electron chi connectivity index (χ0n) is 11.5. The molecule has 0 spiro atoms. The van der Waals surface area contributed by atoms with E-state index in [1.807, 2.05) is 25.1 Å². The van der Waals surface area contributed by atoms with Crippen LogP contribution in [0.1, 0.15) is 56.3 Å². The van der Waals surface area contributed by atoms with E-state index < -0.39 is 0 Å². The standard InChI is InChI=1S/C16H23NO/c1-3-16(18)14-11-7-8-12-15(14)17(4-2)13-9-5-6-10-13/h7-8,11-13H,3-6,9-10H2,1-2H3. The minimum absolute atomic E-state index is 0.252. The number of benzene rings is 1. The molecule has 1 fully saturated rings. The summed E-state index contributed by atoms with van der Waals surface area (Å²) >= 11 is 0. The molecule has 2 heteroatoms. The molecule has 0 unspecified atom stereocenters. The lowest BCUT2D eigenvalue weighted by Crippen LogP contribution is -2.34. The molecule has 0 heterocycles. The molecule has 0 bridgehead atoms. The first-order valence-corrected chi connectivity index (χ1v) is 7.16. The highest BCUT2D eigenvalue weighted by molar-refractivity contribution is 6.01. The highest BCUT2D eigenvalue weighted by Crippen LogP contribution is 2.30. The molecule has 0 saturated heterocycles. The number of hydrogen-bond acceptors (Lipinski definition) is 2. The topological polar surface area (TPSA) is 20.3 Å². The van der Waals surface area contributed by atoms with Crippen LogP contribution in [0.5, 0.6) is 0 Å². The van der Waals surface area contributed by atoms with Crippen molar-refractivity contribution in [2.75, 3.05) is 11.4 Å². The second-order valence-corrected chi connectivity index (χ2v) is 5.02. The van der Waals surface area contributed by atoms with E-state index in [1.54, 1.807) is 0 Å². The van der Waals surface area contributed by atoms with Gasteiger partial charge in [0.25, 0.3) is 0 Å². The van der Waals surface area contributed by atoms with Crippen LogP contribution in [0, 0.1) is 0 Å². The summed E-state index contributed by atoms with van der Waals surface area (Å²) in [5.74, 6) is 0.252. The molecule has 2 nitrogen and oxygen atoms in total. The van der Waals surface area contributed by atoms with Crippen LogP contribution in [0.15, 0.2) is 24.3 Å². The third kappa shape index (κ3) is 2.58. The summed E-state index contributed by atoms with van der Waals surface area (Å²) in [5, 5.41) is 0. The lowest BCUT2D eigenvalue weighted by molar-refractivity contribution is 0.0988. The van der Waals surface area contributed by atoms with Crippen LogP contribution >= 0.6 is 0 Å². The lowest BCUT2D eigenvalue weighted by atomic mass is 10.0. The SMILES string of the molecule is CCC(=O)c1ccccc1N(CC)C1CCCC1. The number of carbonyl (C=O) groups excluding carboxylic acids is 1. The van der Waals surface area contributed by atoms with Crippen LogP contribution in [-0.2, 0) is 0 Å². The maximum Gasteiger partial charge on any atom is 0.164 e. The summed E-state index contributed by atoms with van der Waals surface area (Å²) in [5.41, 5.74) is 2.03. The zero-order valence-corrected chi connectivity index (χ0v) is 11.5. The van der Waals surface area contributed by atoms with Gasteiger partial charge in [0.2, 0.25) is 0 Å². The van der Waals surface area contributed by atoms with Crippen molar-refractivity contribution in [3.05, 3.63) is 29.8 Å². The maximum absolute atomic E-state index is 12.0. The molecule has 1 aliphatic carbocycles. The first kappa shape index (κ1) is 13.1. The monoisotopic (exact) mass is 245 g/mol. The fraction of sp³-hybridized carbons (Fsp3) is 0.562. The van der Waals surface area contributed by atoms with Crippen molar-refractivity contribution in [1.82, 2.24) is 0 Å². The molecule has 98 valence electrons. The summed E-state index contributed by atoms with van der Waals surface area (Å²) < 4.78 is 0. The van der Waals surface area contributed by atoms with Crippen molar-refractivity contribution in [1.29, 1.82) is 0 Å². The van der Waals surface area contributed by atoms with Crippen LogP contribution in [0.2, 0.25) is 0 Å². The van der Waals surface area contributed by atoms with Crippen molar-refractivity contribution in [2.24, 2.45) is 0 Å². The van der Waals surface area contributed by atoms with Crippen molar-refractivity contribution >= 4 is 11.5 Å². The van der Waals surface area contributed by atoms with Gasteiger partial charge in [0.15, 0.2) is 5.78 Å². The molecule has 1 aromatic carbocycles. The molecule has 18 heavy (non-hydrogen) atoms. The Hall–Kier alpha value is -1.31. The summed E-state index contributed by atoms with van der Waals surface area (Å²) in [6.07, 6.45) is 5.76. The quantitative estimate of drug-likeness (QED) is 0.729. The van der Waals surface area contributed by atoms with E-state index >= 15 is 0 Å². The molecule has 1 saturated carbocycles. The van der Waals surface area contributed by atoms with Crippen LogP contribution in [0.25, 0.3) is 0 Å². The van der Waals surface area contributed by atoms with Gasteiger partial charge in [-0.05, 0) is 31.9 Å². The second kappa shape index (κ2) is 6.03. The van der Waals surface area contributed by atoms with E-state index in [1.165, 1.54) is 25.7 Å². The number of rotatable bonds is 5. The van der Waals surface area contributed by atoms with Gasteiger partial charge in [0.05, 0.1) is 0 Å². The molecule has 0 radical (unpaired) electrons. The Bertz CT molecular complexity index is 407. The largest absolute Gasteiger partial charge is 0.368 e. The summed E-state index contributed by atoms with van der Waals surface area (Å²) in [6.45, 7) is 5.11. The Kier molecular flexibility index (Phi) is 4.40. The van der Waals surface area contributed by atoms with Gasteiger partial charge in [0, 0.05) is 30.3 Å². The molecule has 2 rings (SSSR count). The third-order valence-electron chi connectivity index (χ3n) is 3.94. The Morgan fingerprint density at radius 1 is 1.22 bits per heavy atom. The molecule has 0 N–H and O–H groups in total. The van der Waals surface area contributed by atoms with E-state index in [2.05, 4.69) is 17.9 Å². The highest BCUT2D eigenvalue weighted by atomic mass is 16.1. The minimum atomic E-state index is 0.252. The predicted molar refractivity (Wildman–Crippen MR) is 76.3 cm³/mol. The van der Waals surface area contributed by atoms with Crippen molar-refractivity contribution in [3.63, 3.8) is 0 Å². The second-order valence-electron chi connectivity index (χ2n) is 5.02. The van der Waals surface area contributed by atoms with Crippen molar-refractivity contribution in [3.8, 4) is 0 Å². The molecular formula is C16H23NO. The van der Waals surface area contributed by atoms with Gasteiger partial charge in [-0.3, -0.25) is 4.79 Å². The third-order valence-corrected chi connectivity index (χ3v) is 3.94. The average molecular weight is 245 g/mol. The molecular weight excluding hydrogens is 222 g/mol. The maximum atomic E-state index is 12.0. The number of ketones is 1. The van der Waals surface area contributed by atoms with E-state index in [0.717, 1.165) is 17.8 Å². The van der Waals surface area contributed by atoms with Crippen LogP contribution in [-0.4, -0.2) is 18.4 Å². The Morgan fingerprint density at radius 2 is 1.89 bits per heavy atom. The van der Waals surface area contributed by atoms with Crippen LogP contribution in [0.4, 0.5) is 5.69 Å². The minimum Gasteiger partial charge on any atom is -0.368 e. The Balaban J connectivity index is 2.32. The molecule has 0 atom stereocenters. The smallest absolute Gasteiger partial charge is 0.164 e. The number of para-hydroxylation sites is 1. The molecule has 0 aliphatic heterocycles. The van der Waals surface area contributed by atoms with E-state index in [0.29, 0.717) is 12.5 Å². The number of nitrogens with zero attached hydrogens (tertiary/aromatic N) is 1. The lowest BCUT2D eigenvalue weighted by Gasteiger charge is -2.31. The van der Waals surface area contributed by atoms with Gasteiger partial charge >= 0.3 is 0 Å². The summed E-state index contributed by atoms with van der Waals surface area (Å²) in [7, 11) is 0.